The van der Waals surface area contributed by atoms with Crippen molar-refractivity contribution in [2.45, 2.75) is 25.0 Å². The van der Waals surface area contributed by atoms with Gasteiger partial charge in [0, 0.05) is 29.9 Å². The zero-order valence-electron chi connectivity index (χ0n) is 14.9. The Hall–Kier alpha value is -1.55. The normalized spacial score (nSPS) is 24.6. The SMILES string of the molecule is CN1CCC(C2(O)c3ccccc3CN(C)c3ccc(Cl)cc32)CC1. The molecule has 1 atom stereocenters. The molecule has 1 saturated heterocycles. The molecule has 2 aromatic rings. The summed E-state index contributed by atoms with van der Waals surface area (Å²) >= 11 is 6.36. The number of anilines is 1. The minimum atomic E-state index is -0.997. The van der Waals surface area contributed by atoms with Crippen molar-refractivity contribution in [1.82, 2.24) is 4.90 Å². The van der Waals surface area contributed by atoms with Crippen LogP contribution in [-0.4, -0.2) is 37.2 Å². The number of rotatable bonds is 1. The van der Waals surface area contributed by atoms with E-state index in [9.17, 15) is 5.11 Å². The Morgan fingerprint density at radius 3 is 2.52 bits per heavy atom. The van der Waals surface area contributed by atoms with Gasteiger partial charge in [-0.05, 0) is 68.2 Å². The predicted octanol–water partition coefficient (Wildman–Crippen LogP) is 3.87. The Kier molecular flexibility index (Phi) is 4.27. The summed E-state index contributed by atoms with van der Waals surface area (Å²) in [5.41, 5.74) is 3.25. The molecule has 0 saturated carbocycles. The first-order chi connectivity index (χ1) is 12.0. The Morgan fingerprint density at radius 2 is 1.76 bits per heavy atom. The highest BCUT2D eigenvalue weighted by atomic mass is 35.5. The fraction of sp³-hybridized carbons (Fsp3) is 0.429. The third-order valence-corrected chi connectivity index (χ3v) is 6.16. The molecule has 0 aromatic heterocycles. The molecule has 0 radical (unpaired) electrons. The molecule has 4 heteroatoms. The lowest BCUT2D eigenvalue weighted by Gasteiger charge is -2.42. The first-order valence-corrected chi connectivity index (χ1v) is 9.38. The first-order valence-electron chi connectivity index (χ1n) is 9.00. The van der Waals surface area contributed by atoms with Crippen LogP contribution in [0.25, 0.3) is 0 Å². The van der Waals surface area contributed by atoms with Gasteiger partial charge in [0.15, 0.2) is 0 Å². The van der Waals surface area contributed by atoms with Crippen LogP contribution in [0.3, 0.4) is 0 Å². The number of benzene rings is 2. The molecule has 2 aliphatic rings. The summed E-state index contributed by atoms with van der Waals surface area (Å²) in [6.07, 6.45) is 1.97. The van der Waals surface area contributed by atoms with Crippen LogP contribution in [0.4, 0.5) is 5.69 Å². The van der Waals surface area contributed by atoms with E-state index in [1.54, 1.807) is 0 Å². The third-order valence-electron chi connectivity index (χ3n) is 5.93. The number of piperidine rings is 1. The second kappa shape index (κ2) is 6.31. The summed E-state index contributed by atoms with van der Waals surface area (Å²) in [5, 5.41) is 12.9. The fourth-order valence-electron chi connectivity index (χ4n) is 4.53. The Bertz CT molecular complexity index is 785. The van der Waals surface area contributed by atoms with Crippen LogP contribution in [0.15, 0.2) is 42.5 Å². The van der Waals surface area contributed by atoms with Crippen molar-refractivity contribution >= 4 is 17.3 Å². The van der Waals surface area contributed by atoms with Crippen molar-refractivity contribution in [1.29, 1.82) is 0 Å². The third kappa shape index (κ3) is 2.75. The molecule has 2 aromatic carbocycles. The summed E-state index contributed by atoms with van der Waals surface area (Å²) in [7, 11) is 4.24. The van der Waals surface area contributed by atoms with E-state index in [1.807, 2.05) is 24.3 Å². The quantitative estimate of drug-likeness (QED) is 0.840. The van der Waals surface area contributed by atoms with Crippen LogP contribution in [0.1, 0.15) is 29.5 Å². The van der Waals surface area contributed by atoms with E-state index in [4.69, 9.17) is 11.6 Å². The van der Waals surface area contributed by atoms with Crippen LogP contribution in [0, 0.1) is 5.92 Å². The molecule has 0 aliphatic carbocycles. The number of nitrogens with zero attached hydrogens (tertiary/aromatic N) is 2. The van der Waals surface area contributed by atoms with Crippen molar-refractivity contribution in [2.75, 3.05) is 32.1 Å². The molecule has 132 valence electrons. The topological polar surface area (TPSA) is 26.7 Å². The van der Waals surface area contributed by atoms with Crippen molar-refractivity contribution in [3.8, 4) is 0 Å². The molecule has 3 nitrogen and oxygen atoms in total. The average Bonchev–Trinajstić information content (AvgIpc) is 2.70. The number of halogens is 1. The Labute approximate surface area is 154 Å². The highest BCUT2D eigenvalue weighted by Crippen LogP contribution is 2.49. The van der Waals surface area contributed by atoms with E-state index in [0.717, 1.165) is 49.3 Å². The molecule has 0 amide bonds. The van der Waals surface area contributed by atoms with Crippen molar-refractivity contribution in [2.24, 2.45) is 5.92 Å². The van der Waals surface area contributed by atoms with Gasteiger partial charge in [0.1, 0.15) is 5.60 Å². The second-order valence-corrected chi connectivity index (χ2v) is 7.96. The van der Waals surface area contributed by atoms with Gasteiger partial charge in [-0.2, -0.15) is 0 Å². The molecule has 2 aliphatic heterocycles. The Balaban J connectivity index is 1.95. The molecule has 2 heterocycles. The van der Waals surface area contributed by atoms with Gasteiger partial charge in [-0.1, -0.05) is 35.9 Å². The van der Waals surface area contributed by atoms with Crippen molar-refractivity contribution in [3.05, 3.63) is 64.2 Å². The maximum atomic E-state index is 12.2. The number of hydrogen-bond acceptors (Lipinski definition) is 3. The van der Waals surface area contributed by atoms with Gasteiger partial charge in [0.25, 0.3) is 0 Å². The minimum Gasteiger partial charge on any atom is -0.380 e. The highest BCUT2D eigenvalue weighted by molar-refractivity contribution is 6.30. The summed E-state index contributed by atoms with van der Waals surface area (Å²) in [6, 6.07) is 14.3. The summed E-state index contributed by atoms with van der Waals surface area (Å²) < 4.78 is 0. The molecule has 0 bridgehead atoms. The van der Waals surface area contributed by atoms with E-state index in [1.165, 1.54) is 5.56 Å². The van der Waals surface area contributed by atoms with Crippen LogP contribution in [-0.2, 0) is 12.1 Å². The molecule has 4 rings (SSSR count). The largest absolute Gasteiger partial charge is 0.380 e. The van der Waals surface area contributed by atoms with E-state index in [0.29, 0.717) is 5.02 Å². The van der Waals surface area contributed by atoms with E-state index in [2.05, 4.69) is 42.1 Å². The van der Waals surface area contributed by atoms with Gasteiger partial charge in [-0.15, -0.1) is 0 Å². The predicted molar refractivity (Wildman–Crippen MR) is 103 cm³/mol. The number of hydrogen-bond donors (Lipinski definition) is 1. The van der Waals surface area contributed by atoms with Gasteiger partial charge >= 0.3 is 0 Å². The number of likely N-dealkylation sites (tertiary alicyclic amines) is 1. The summed E-state index contributed by atoms with van der Waals surface area (Å²) in [4.78, 5) is 4.56. The highest BCUT2D eigenvalue weighted by Gasteiger charge is 2.45. The van der Waals surface area contributed by atoms with Crippen LogP contribution in [0.2, 0.25) is 5.02 Å². The van der Waals surface area contributed by atoms with Crippen LogP contribution < -0.4 is 4.90 Å². The van der Waals surface area contributed by atoms with E-state index < -0.39 is 5.60 Å². The zero-order valence-corrected chi connectivity index (χ0v) is 15.6. The molecule has 1 unspecified atom stereocenters. The summed E-state index contributed by atoms with van der Waals surface area (Å²) in [6.45, 7) is 2.82. The molecule has 1 N–H and O–H groups in total. The molecule has 1 fully saturated rings. The molecular formula is C21H25ClN2O. The number of aliphatic hydroxyl groups is 1. The maximum absolute atomic E-state index is 12.2. The summed E-state index contributed by atoms with van der Waals surface area (Å²) in [5.74, 6) is 0.188. The fourth-order valence-corrected chi connectivity index (χ4v) is 4.70. The first kappa shape index (κ1) is 16.9. The van der Waals surface area contributed by atoms with Crippen LogP contribution >= 0.6 is 11.6 Å². The lowest BCUT2D eigenvalue weighted by atomic mass is 9.71. The van der Waals surface area contributed by atoms with Crippen LogP contribution in [0.5, 0.6) is 0 Å². The zero-order chi connectivity index (χ0) is 17.6. The lowest BCUT2D eigenvalue weighted by molar-refractivity contribution is -0.0104. The van der Waals surface area contributed by atoms with E-state index in [-0.39, 0.29) is 5.92 Å². The van der Waals surface area contributed by atoms with Gasteiger partial charge in [0.05, 0.1) is 0 Å². The standard InChI is InChI=1S/C21H25ClN2O/c1-23-11-9-16(10-12-23)21(25)18-6-4-3-5-15(18)14-24(2)20-8-7-17(22)13-19(20)21/h3-8,13,16,25H,9-12,14H2,1-2H3. The van der Waals surface area contributed by atoms with Crippen molar-refractivity contribution in [3.63, 3.8) is 0 Å². The molecule has 25 heavy (non-hydrogen) atoms. The van der Waals surface area contributed by atoms with Gasteiger partial charge < -0.3 is 14.9 Å². The molecular weight excluding hydrogens is 332 g/mol. The van der Waals surface area contributed by atoms with Crippen molar-refractivity contribution < 1.29 is 5.11 Å². The lowest BCUT2D eigenvalue weighted by Crippen LogP contribution is -2.43. The van der Waals surface area contributed by atoms with Gasteiger partial charge in [-0.3, -0.25) is 0 Å². The smallest absolute Gasteiger partial charge is 0.120 e. The monoisotopic (exact) mass is 356 g/mol. The van der Waals surface area contributed by atoms with E-state index >= 15 is 0 Å². The number of fused-ring (bicyclic) bond motifs is 2. The Morgan fingerprint density at radius 1 is 1.04 bits per heavy atom. The average molecular weight is 357 g/mol. The molecule has 0 spiro atoms. The van der Waals surface area contributed by atoms with Gasteiger partial charge in [0.2, 0.25) is 0 Å². The maximum Gasteiger partial charge on any atom is 0.120 e. The van der Waals surface area contributed by atoms with Gasteiger partial charge in [-0.25, -0.2) is 0 Å². The second-order valence-electron chi connectivity index (χ2n) is 7.52. The minimum absolute atomic E-state index is 0.188.